The van der Waals surface area contributed by atoms with E-state index in [2.05, 4.69) is 10.4 Å². The molecule has 0 amide bonds. The topological polar surface area (TPSA) is 118 Å². The molecular weight excluding hydrogens is 481 g/mol. The predicted octanol–water partition coefficient (Wildman–Crippen LogP) is 4.73. The van der Waals surface area contributed by atoms with Gasteiger partial charge in [0.15, 0.2) is 0 Å². The number of aliphatic hydroxyl groups excluding tert-OH is 1. The number of halogens is 1. The molecule has 4 N–H and O–H groups in total. The molecule has 0 spiro atoms. The van der Waals surface area contributed by atoms with Crippen molar-refractivity contribution in [2.24, 2.45) is 11.7 Å². The van der Waals surface area contributed by atoms with Gasteiger partial charge in [0.1, 0.15) is 17.7 Å². The minimum atomic E-state index is -0.558. The highest BCUT2D eigenvalue weighted by atomic mass is 19.1. The number of rotatable bonds is 9. The minimum Gasteiger partial charge on any atom is -0.396 e. The summed E-state index contributed by atoms with van der Waals surface area (Å²) in [5.41, 5.74) is 10.4. The fourth-order valence-electron chi connectivity index (χ4n) is 5.06. The lowest BCUT2D eigenvalue weighted by Crippen LogP contribution is -2.31. The third-order valence-corrected chi connectivity index (χ3v) is 7.11. The van der Waals surface area contributed by atoms with Crippen LogP contribution in [0.2, 0.25) is 0 Å². The molecule has 0 saturated heterocycles. The second-order valence-electron chi connectivity index (χ2n) is 9.92. The van der Waals surface area contributed by atoms with Gasteiger partial charge in [-0.2, -0.15) is 10.4 Å². The first-order chi connectivity index (χ1) is 18.5. The molecule has 38 heavy (non-hydrogen) atoms. The number of nitriles is 1. The highest BCUT2D eigenvalue weighted by Crippen LogP contribution is 2.30. The van der Waals surface area contributed by atoms with Gasteiger partial charge >= 0.3 is 0 Å². The van der Waals surface area contributed by atoms with Crippen LogP contribution in [0.3, 0.4) is 0 Å². The number of hydrogen-bond acceptors (Lipinski definition) is 6. The summed E-state index contributed by atoms with van der Waals surface area (Å²) in [4.78, 5) is 0. The predicted molar refractivity (Wildman–Crippen MR) is 145 cm³/mol. The van der Waals surface area contributed by atoms with Gasteiger partial charge in [-0.05, 0) is 61.4 Å². The highest BCUT2D eigenvalue weighted by molar-refractivity contribution is 5.68. The second kappa shape index (κ2) is 11.6. The standard InChI is InChI=1S/C29H32FN7O/c30-27-14-22(5-6-23(27)16-31)28-15-29(33-17-20-3-1-4-25(32)13-20)35-37(28)26-9-7-21(8-10-26)24-18-34-36(19-24)11-2-12-38/h5-10,14-15,18-20,25,38H,1-4,11-13,17,32H2,(H,33,35)/t20-,25-/m0/s1. The van der Waals surface area contributed by atoms with Gasteiger partial charge in [-0.25, -0.2) is 9.07 Å². The number of anilines is 1. The molecule has 2 atom stereocenters. The Morgan fingerprint density at radius 3 is 2.66 bits per heavy atom. The van der Waals surface area contributed by atoms with Gasteiger partial charge in [0.05, 0.1) is 23.1 Å². The Bertz CT molecular complexity index is 1420. The molecule has 2 aromatic heterocycles. The maximum absolute atomic E-state index is 14.5. The number of nitrogens with two attached hydrogens (primary N) is 1. The molecule has 5 rings (SSSR count). The molecule has 9 heteroatoms. The smallest absolute Gasteiger partial charge is 0.149 e. The lowest BCUT2D eigenvalue weighted by atomic mass is 9.86. The molecule has 1 aliphatic rings. The lowest BCUT2D eigenvalue weighted by Gasteiger charge is -2.26. The molecule has 0 radical (unpaired) electrons. The van der Waals surface area contributed by atoms with Crippen LogP contribution in [0.25, 0.3) is 28.1 Å². The molecule has 196 valence electrons. The van der Waals surface area contributed by atoms with Gasteiger partial charge in [-0.15, -0.1) is 5.10 Å². The van der Waals surface area contributed by atoms with Gasteiger partial charge in [0, 0.05) is 49.1 Å². The van der Waals surface area contributed by atoms with Crippen LogP contribution in [0.4, 0.5) is 10.2 Å². The van der Waals surface area contributed by atoms with E-state index in [4.69, 9.17) is 21.2 Å². The van der Waals surface area contributed by atoms with Crippen LogP contribution in [-0.4, -0.2) is 43.9 Å². The molecule has 8 nitrogen and oxygen atoms in total. The number of aryl methyl sites for hydroxylation is 1. The zero-order chi connectivity index (χ0) is 26.5. The van der Waals surface area contributed by atoms with Crippen LogP contribution < -0.4 is 11.1 Å². The van der Waals surface area contributed by atoms with Gasteiger partial charge in [0.25, 0.3) is 0 Å². The summed E-state index contributed by atoms with van der Waals surface area (Å²) >= 11 is 0. The summed E-state index contributed by atoms with van der Waals surface area (Å²) < 4.78 is 18.1. The molecular formula is C29H32FN7O. The van der Waals surface area contributed by atoms with E-state index in [9.17, 15) is 4.39 Å². The first-order valence-corrected chi connectivity index (χ1v) is 13.1. The van der Waals surface area contributed by atoms with Crippen molar-refractivity contribution < 1.29 is 9.50 Å². The first-order valence-electron chi connectivity index (χ1n) is 13.1. The van der Waals surface area contributed by atoms with E-state index in [1.165, 1.54) is 12.1 Å². The summed E-state index contributed by atoms with van der Waals surface area (Å²) in [5, 5.41) is 30.9. The van der Waals surface area contributed by atoms with Gasteiger partial charge in [0.2, 0.25) is 0 Å². The van der Waals surface area contributed by atoms with Gasteiger partial charge in [-0.3, -0.25) is 4.68 Å². The molecule has 1 saturated carbocycles. The summed E-state index contributed by atoms with van der Waals surface area (Å²) in [7, 11) is 0. The minimum absolute atomic E-state index is 0.00990. The van der Waals surface area contributed by atoms with Crippen LogP contribution in [0, 0.1) is 23.1 Å². The van der Waals surface area contributed by atoms with Crippen LogP contribution in [-0.2, 0) is 6.54 Å². The van der Waals surface area contributed by atoms with Gasteiger partial charge < -0.3 is 16.2 Å². The van der Waals surface area contributed by atoms with Crippen molar-refractivity contribution in [1.82, 2.24) is 19.6 Å². The Morgan fingerprint density at radius 2 is 1.92 bits per heavy atom. The number of nitrogens with zero attached hydrogens (tertiary/aromatic N) is 5. The number of aromatic nitrogens is 4. The number of hydrogen-bond donors (Lipinski definition) is 3. The maximum atomic E-state index is 14.5. The molecule has 2 heterocycles. The van der Waals surface area contributed by atoms with E-state index < -0.39 is 5.82 Å². The Labute approximate surface area is 221 Å². The third-order valence-electron chi connectivity index (χ3n) is 7.11. The largest absolute Gasteiger partial charge is 0.396 e. The molecule has 4 aromatic rings. The molecule has 1 aliphatic carbocycles. The van der Waals surface area contributed by atoms with E-state index in [0.29, 0.717) is 30.3 Å². The quantitative estimate of drug-likeness (QED) is 0.298. The van der Waals surface area contributed by atoms with Crippen LogP contribution in [0.1, 0.15) is 37.7 Å². The van der Waals surface area contributed by atoms with Crippen molar-refractivity contribution in [2.45, 2.75) is 44.7 Å². The average Bonchev–Trinajstić information content (AvgIpc) is 3.58. The summed E-state index contributed by atoms with van der Waals surface area (Å²) in [6, 6.07) is 16.6. The zero-order valence-corrected chi connectivity index (χ0v) is 21.2. The summed E-state index contributed by atoms with van der Waals surface area (Å²) in [6.45, 7) is 1.57. The Hall–Kier alpha value is -4.00. The average molecular weight is 514 g/mol. The van der Waals surface area contributed by atoms with Crippen LogP contribution in [0.15, 0.2) is 60.9 Å². The first kappa shape index (κ1) is 25.6. The van der Waals surface area contributed by atoms with Crippen molar-refractivity contribution in [3.8, 4) is 34.1 Å². The summed E-state index contributed by atoms with van der Waals surface area (Å²) in [6.07, 6.45) is 8.80. The van der Waals surface area contributed by atoms with E-state index >= 15 is 0 Å². The van der Waals surface area contributed by atoms with Crippen molar-refractivity contribution in [1.29, 1.82) is 5.26 Å². The molecule has 0 bridgehead atoms. The lowest BCUT2D eigenvalue weighted by molar-refractivity contribution is 0.277. The molecule has 0 aliphatic heterocycles. The number of benzene rings is 2. The van der Waals surface area contributed by atoms with E-state index in [0.717, 1.165) is 54.7 Å². The number of nitrogens with one attached hydrogen (secondary N) is 1. The second-order valence-corrected chi connectivity index (χ2v) is 9.92. The van der Waals surface area contributed by atoms with E-state index in [1.54, 1.807) is 10.7 Å². The van der Waals surface area contributed by atoms with Crippen molar-refractivity contribution in [3.63, 3.8) is 0 Å². The SMILES string of the molecule is N#Cc1ccc(-c2cc(NC[C@H]3CCC[C@H](N)C3)nn2-c2ccc(-c3cnn(CCCO)c3)cc2)cc1F. The maximum Gasteiger partial charge on any atom is 0.149 e. The molecule has 0 unspecified atom stereocenters. The zero-order valence-electron chi connectivity index (χ0n) is 21.2. The molecule has 2 aromatic carbocycles. The van der Waals surface area contributed by atoms with Crippen molar-refractivity contribution >= 4 is 5.82 Å². The van der Waals surface area contributed by atoms with Crippen LogP contribution >= 0.6 is 0 Å². The van der Waals surface area contributed by atoms with E-state index in [-0.39, 0.29) is 18.2 Å². The monoisotopic (exact) mass is 513 g/mol. The molecule has 1 fully saturated rings. The highest BCUT2D eigenvalue weighted by Gasteiger charge is 2.20. The van der Waals surface area contributed by atoms with Crippen molar-refractivity contribution in [2.75, 3.05) is 18.5 Å². The Morgan fingerprint density at radius 1 is 1.11 bits per heavy atom. The number of aliphatic hydroxyl groups is 1. The summed E-state index contributed by atoms with van der Waals surface area (Å²) in [5.74, 6) is 0.646. The Kier molecular flexibility index (Phi) is 7.82. The fourth-order valence-corrected chi connectivity index (χ4v) is 5.06. The fraction of sp³-hybridized carbons (Fsp3) is 0.345. The normalized spacial score (nSPS) is 17.3. The van der Waals surface area contributed by atoms with Gasteiger partial charge in [-0.1, -0.05) is 24.6 Å². The van der Waals surface area contributed by atoms with Crippen LogP contribution in [0.5, 0.6) is 0 Å². The third kappa shape index (κ3) is 5.77. The van der Waals surface area contributed by atoms with E-state index in [1.807, 2.05) is 53.5 Å². The van der Waals surface area contributed by atoms with Crippen molar-refractivity contribution in [3.05, 3.63) is 72.3 Å². The Balaban J connectivity index is 1.43.